The minimum absolute atomic E-state index is 0.0360. The Kier molecular flexibility index (Phi) is 10.8. The predicted molar refractivity (Wildman–Crippen MR) is 222 cm³/mol. The van der Waals surface area contributed by atoms with Crippen LogP contribution in [0.2, 0.25) is 0 Å². The third-order valence-electron chi connectivity index (χ3n) is 13.7. The number of aromatic nitrogens is 1. The van der Waals surface area contributed by atoms with E-state index in [0.717, 1.165) is 101 Å². The first-order chi connectivity index (χ1) is 29.7. The van der Waals surface area contributed by atoms with Gasteiger partial charge in [-0.2, -0.15) is 13.2 Å². The fourth-order valence-electron chi connectivity index (χ4n) is 10.0. The van der Waals surface area contributed by atoms with Gasteiger partial charge in [0, 0.05) is 108 Å². The highest BCUT2D eigenvalue weighted by molar-refractivity contribution is 6.05. The summed E-state index contributed by atoms with van der Waals surface area (Å²) in [6, 6.07) is 12.3. The van der Waals surface area contributed by atoms with E-state index in [4.69, 9.17) is 6.57 Å². The van der Waals surface area contributed by atoms with Gasteiger partial charge in [-0.25, -0.2) is 14.2 Å². The normalized spacial score (nSPS) is 22.9. The first-order valence-electron chi connectivity index (χ1n) is 21.2. The van der Waals surface area contributed by atoms with Crippen molar-refractivity contribution in [2.75, 3.05) is 92.1 Å². The van der Waals surface area contributed by atoms with Crippen LogP contribution in [-0.2, 0) is 27.1 Å². The summed E-state index contributed by atoms with van der Waals surface area (Å²) >= 11 is 0. The van der Waals surface area contributed by atoms with Gasteiger partial charge in [-0.15, -0.1) is 0 Å². The van der Waals surface area contributed by atoms with E-state index in [1.807, 2.05) is 18.2 Å². The van der Waals surface area contributed by atoms with Gasteiger partial charge in [0.15, 0.2) is 11.4 Å². The van der Waals surface area contributed by atoms with E-state index in [2.05, 4.69) is 46.1 Å². The number of pyridine rings is 1. The Hall–Kier alpha value is -5.80. The van der Waals surface area contributed by atoms with Crippen molar-refractivity contribution < 1.29 is 36.7 Å². The Morgan fingerprint density at radius 2 is 1.48 bits per heavy atom. The lowest BCUT2D eigenvalue weighted by molar-refractivity contribution is -0.138. The summed E-state index contributed by atoms with van der Waals surface area (Å²) in [6.45, 7) is 15.8. The molecule has 4 amide bonds. The molecule has 326 valence electrons. The summed E-state index contributed by atoms with van der Waals surface area (Å²) in [5, 5.41) is 4.95. The number of halogens is 4. The highest BCUT2D eigenvalue weighted by Gasteiger charge is 2.46. The number of nitrogens with one attached hydrogen (secondary N) is 2. The standard InChI is InChI=1S/C44H48F4N10O4/c1-49-35-6-3-31(23-34(35)44(46,47)48)56-16-12-43(45,13-17-56)41(62)51-37-8-4-32(24-50-37)57-20-18-53(19-21-57)28-54-26-42(27-54)10-14-55(15-11-42)30-2-5-33-29(22-30)25-58(40(33)61)36-7-9-38(59)52-39(36)60/h2-6,8,22-24,36H,7,9-21,25-28H2,(H,50,51,62)(H,52,59,60). The second kappa shape index (κ2) is 16.2. The van der Waals surface area contributed by atoms with Crippen LogP contribution in [0.5, 0.6) is 0 Å². The van der Waals surface area contributed by atoms with Crippen LogP contribution in [0.25, 0.3) is 4.85 Å². The summed E-state index contributed by atoms with van der Waals surface area (Å²) in [5.74, 6) is -1.46. The van der Waals surface area contributed by atoms with Gasteiger partial charge in [-0.3, -0.25) is 34.3 Å². The van der Waals surface area contributed by atoms with Crippen molar-refractivity contribution in [2.45, 2.75) is 63.0 Å². The lowest BCUT2D eigenvalue weighted by atomic mass is 9.72. The fraction of sp³-hybridized carbons (Fsp3) is 0.500. The summed E-state index contributed by atoms with van der Waals surface area (Å²) in [7, 11) is 0. The van der Waals surface area contributed by atoms with Crippen molar-refractivity contribution in [3.63, 3.8) is 0 Å². The number of alkyl halides is 4. The molecule has 7 heterocycles. The lowest BCUT2D eigenvalue weighted by Crippen LogP contribution is -2.63. The number of piperidine rings is 3. The summed E-state index contributed by atoms with van der Waals surface area (Å²) in [4.78, 5) is 70.4. The molecule has 5 saturated heterocycles. The molecule has 2 N–H and O–H groups in total. The number of nitrogens with zero attached hydrogens (tertiary/aromatic N) is 8. The van der Waals surface area contributed by atoms with Crippen molar-refractivity contribution in [3.8, 4) is 0 Å². The molecule has 0 saturated carbocycles. The van der Waals surface area contributed by atoms with Crippen LogP contribution in [-0.4, -0.2) is 127 Å². The number of hydrogen-bond acceptors (Lipinski definition) is 10. The quantitative estimate of drug-likeness (QED) is 0.181. The van der Waals surface area contributed by atoms with Crippen molar-refractivity contribution in [1.29, 1.82) is 0 Å². The number of imide groups is 1. The van der Waals surface area contributed by atoms with Crippen molar-refractivity contribution >= 4 is 52.2 Å². The van der Waals surface area contributed by atoms with Gasteiger partial charge in [0.25, 0.3) is 11.8 Å². The van der Waals surface area contributed by atoms with Crippen LogP contribution in [0, 0.1) is 12.0 Å². The number of carbonyl (C=O) groups is 4. The van der Waals surface area contributed by atoms with E-state index in [9.17, 15) is 32.3 Å². The number of fused-ring (bicyclic) bond motifs is 1. The zero-order valence-corrected chi connectivity index (χ0v) is 34.2. The summed E-state index contributed by atoms with van der Waals surface area (Å²) in [5.41, 5.74) is 0.360. The van der Waals surface area contributed by atoms with Gasteiger partial charge >= 0.3 is 6.18 Å². The average Bonchev–Trinajstić information content (AvgIpc) is 3.58. The number of hydrogen-bond donors (Lipinski definition) is 2. The van der Waals surface area contributed by atoms with E-state index in [1.165, 1.54) is 6.07 Å². The number of rotatable bonds is 8. The first kappa shape index (κ1) is 41.5. The van der Waals surface area contributed by atoms with Gasteiger partial charge < -0.3 is 24.9 Å². The molecule has 3 aromatic rings. The van der Waals surface area contributed by atoms with Gasteiger partial charge in [-0.1, -0.05) is 6.07 Å². The third-order valence-corrected chi connectivity index (χ3v) is 13.7. The maximum Gasteiger partial charge on any atom is 0.407 e. The van der Waals surface area contributed by atoms with Gasteiger partial charge in [0.1, 0.15) is 11.9 Å². The smallest absolute Gasteiger partial charge is 0.371 e. The molecule has 6 aliphatic rings. The van der Waals surface area contributed by atoms with E-state index in [-0.39, 0.29) is 55.7 Å². The average molecular weight is 857 g/mol. The molecule has 1 atom stereocenters. The number of piperazine rings is 1. The molecule has 1 unspecified atom stereocenters. The molecule has 0 radical (unpaired) electrons. The molecule has 6 aliphatic heterocycles. The molecule has 5 fully saturated rings. The van der Waals surface area contributed by atoms with Crippen LogP contribution < -0.4 is 25.3 Å². The van der Waals surface area contributed by atoms with E-state index in [0.29, 0.717) is 23.9 Å². The van der Waals surface area contributed by atoms with E-state index in [1.54, 1.807) is 22.1 Å². The molecule has 62 heavy (non-hydrogen) atoms. The van der Waals surface area contributed by atoms with Crippen LogP contribution in [0.4, 0.5) is 46.1 Å². The molecular formula is C44H48F4N10O4. The SMILES string of the molecule is [C-]#[N+]c1ccc(N2CCC(F)(C(=O)Nc3ccc(N4CCN(CN5CC6(CCN(c7ccc8c(c7)CN(C7CCC(=O)NC7=O)C8=O)CC6)C5)CC4)cn3)CC2)cc1C(F)(F)F. The monoisotopic (exact) mass is 856 g/mol. The zero-order valence-electron chi connectivity index (χ0n) is 34.2. The number of amides is 4. The van der Waals surface area contributed by atoms with Crippen LogP contribution in [0.1, 0.15) is 60.0 Å². The number of benzene rings is 2. The molecule has 1 aromatic heterocycles. The second-order valence-electron chi connectivity index (χ2n) is 17.6. The van der Waals surface area contributed by atoms with E-state index >= 15 is 4.39 Å². The Bertz CT molecular complexity index is 2290. The predicted octanol–water partition coefficient (Wildman–Crippen LogP) is 5.04. The number of likely N-dealkylation sites (tertiary alicyclic amines) is 1. The second-order valence-corrected chi connectivity index (χ2v) is 17.6. The fourth-order valence-corrected chi connectivity index (χ4v) is 10.0. The molecule has 0 bridgehead atoms. The highest BCUT2D eigenvalue weighted by atomic mass is 19.4. The first-order valence-corrected chi connectivity index (χ1v) is 21.2. The molecule has 14 nitrogen and oxygen atoms in total. The highest BCUT2D eigenvalue weighted by Crippen LogP contribution is 2.43. The van der Waals surface area contributed by atoms with Gasteiger partial charge in [-0.05, 0) is 72.7 Å². The van der Waals surface area contributed by atoms with Gasteiger partial charge in [0.2, 0.25) is 11.8 Å². The maximum atomic E-state index is 15.8. The maximum absolute atomic E-state index is 15.8. The molecule has 18 heteroatoms. The van der Waals surface area contributed by atoms with Crippen molar-refractivity contribution in [3.05, 3.63) is 82.8 Å². The van der Waals surface area contributed by atoms with Crippen molar-refractivity contribution in [1.82, 2.24) is 25.0 Å². The minimum atomic E-state index is -4.69. The molecule has 1 spiro atoms. The Labute approximate surface area is 356 Å². The zero-order chi connectivity index (χ0) is 43.4. The molecule has 2 aromatic carbocycles. The van der Waals surface area contributed by atoms with Crippen molar-refractivity contribution in [2.24, 2.45) is 5.41 Å². The Morgan fingerprint density at radius 1 is 0.839 bits per heavy atom. The Morgan fingerprint density at radius 3 is 2.13 bits per heavy atom. The summed E-state index contributed by atoms with van der Waals surface area (Å²) in [6.07, 6.45) is -0.656. The van der Waals surface area contributed by atoms with Crippen LogP contribution >= 0.6 is 0 Å². The summed E-state index contributed by atoms with van der Waals surface area (Å²) < 4.78 is 56.3. The number of carbonyl (C=O) groups excluding carboxylic acids is 4. The van der Waals surface area contributed by atoms with Gasteiger partial charge in [0.05, 0.1) is 30.7 Å². The minimum Gasteiger partial charge on any atom is -0.371 e. The molecular weight excluding hydrogens is 809 g/mol. The number of anilines is 4. The lowest BCUT2D eigenvalue weighted by Gasteiger charge is -2.55. The largest absolute Gasteiger partial charge is 0.407 e. The molecule has 0 aliphatic carbocycles. The Balaban J connectivity index is 0.693. The molecule has 9 rings (SSSR count). The third kappa shape index (κ3) is 8.15. The van der Waals surface area contributed by atoms with Crippen LogP contribution in [0.15, 0.2) is 54.7 Å². The van der Waals surface area contributed by atoms with Crippen LogP contribution in [0.3, 0.4) is 0 Å². The topological polar surface area (TPSA) is 129 Å². The van der Waals surface area contributed by atoms with E-state index < -0.39 is 41.0 Å².